The summed E-state index contributed by atoms with van der Waals surface area (Å²) < 4.78 is 5.73. The standard InChI is InChI=1S/C23H27N3O5/c1-15-5-4-7-20(18(15)13-27)31-14-16-9-11-17(12-10-16)22(28)26-19(23(29)30)6-2-3-8-21(24)25/h4-5,7,9-13,19H,2-3,6,8,14H2,1H3,(H3,24,25)(H,26,28)(H,29,30)/t19-/m0/s1. The van der Waals surface area contributed by atoms with Gasteiger partial charge in [-0.3, -0.25) is 15.0 Å². The fourth-order valence-corrected chi connectivity index (χ4v) is 3.01. The van der Waals surface area contributed by atoms with Gasteiger partial charge in [-0.2, -0.15) is 0 Å². The smallest absolute Gasteiger partial charge is 0.326 e. The molecule has 2 rings (SSSR count). The third-order valence-corrected chi connectivity index (χ3v) is 4.80. The molecule has 0 aliphatic carbocycles. The highest BCUT2D eigenvalue weighted by atomic mass is 16.5. The van der Waals surface area contributed by atoms with Crippen molar-refractivity contribution in [3.63, 3.8) is 0 Å². The van der Waals surface area contributed by atoms with Crippen molar-refractivity contribution in [3.05, 3.63) is 64.7 Å². The maximum atomic E-state index is 12.4. The Hall–Kier alpha value is -3.68. The second-order valence-corrected chi connectivity index (χ2v) is 7.23. The second kappa shape index (κ2) is 11.5. The van der Waals surface area contributed by atoms with Gasteiger partial charge in [0.05, 0.1) is 11.4 Å². The van der Waals surface area contributed by atoms with E-state index >= 15 is 0 Å². The van der Waals surface area contributed by atoms with Gasteiger partial charge in [-0.05, 0) is 49.1 Å². The molecule has 0 unspecified atom stereocenters. The Balaban J connectivity index is 1.93. The van der Waals surface area contributed by atoms with Crippen molar-refractivity contribution >= 4 is 24.0 Å². The third kappa shape index (κ3) is 7.26. The number of ether oxygens (including phenoxy) is 1. The van der Waals surface area contributed by atoms with E-state index in [-0.39, 0.29) is 18.9 Å². The van der Waals surface area contributed by atoms with Crippen LogP contribution in [0.3, 0.4) is 0 Å². The van der Waals surface area contributed by atoms with Gasteiger partial charge in [-0.25, -0.2) is 4.79 Å². The number of amides is 1. The number of hydrogen-bond acceptors (Lipinski definition) is 5. The van der Waals surface area contributed by atoms with Crippen LogP contribution in [0.25, 0.3) is 0 Å². The molecule has 0 heterocycles. The van der Waals surface area contributed by atoms with Gasteiger partial charge in [0.15, 0.2) is 6.29 Å². The van der Waals surface area contributed by atoms with Gasteiger partial charge in [0.2, 0.25) is 0 Å². The monoisotopic (exact) mass is 425 g/mol. The maximum Gasteiger partial charge on any atom is 0.326 e. The number of rotatable bonds is 12. The molecular weight excluding hydrogens is 398 g/mol. The number of benzene rings is 2. The number of amidine groups is 1. The van der Waals surface area contributed by atoms with Gasteiger partial charge in [0.1, 0.15) is 18.4 Å². The molecule has 0 fully saturated rings. The number of nitrogens with one attached hydrogen (secondary N) is 2. The summed E-state index contributed by atoms with van der Waals surface area (Å²) in [7, 11) is 0. The van der Waals surface area contributed by atoms with E-state index in [0.29, 0.717) is 36.1 Å². The molecule has 1 amide bonds. The Labute approximate surface area is 180 Å². The van der Waals surface area contributed by atoms with Gasteiger partial charge < -0.3 is 20.9 Å². The molecule has 0 spiro atoms. The molecule has 8 nitrogen and oxygen atoms in total. The van der Waals surface area contributed by atoms with Crippen LogP contribution in [-0.4, -0.2) is 35.1 Å². The molecule has 0 radical (unpaired) electrons. The molecule has 2 aromatic rings. The average molecular weight is 425 g/mol. The zero-order valence-electron chi connectivity index (χ0n) is 17.4. The van der Waals surface area contributed by atoms with Gasteiger partial charge >= 0.3 is 5.97 Å². The van der Waals surface area contributed by atoms with Gasteiger partial charge in [-0.1, -0.05) is 30.7 Å². The van der Waals surface area contributed by atoms with Gasteiger partial charge in [0, 0.05) is 12.0 Å². The lowest BCUT2D eigenvalue weighted by molar-refractivity contribution is -0.139. The third-order valence-electron chi connectivity index (χ3n) is 4.80. The summed E-state index contributed by atoms with van der Waals surface area (Å²) >= 11 is 0. The Morgan fingerprint density at radius 1 is 1.19 bits per heavy atom. The Kier molecular flexibility index (Phi) is 8.75. The first-order chi connectivity index (χ1) is 14.8. The number of nitrogens with two attached hydrogens (primary N) is 1. The van der Waals surface area contributed by atoms with Crippen LogP contribution in [0.1, 0.15) is 57.5 Å². The minimum atomic E-state index is -1.11. The predicted octanol–water partition coefficient (Wildman–Crippen LogP) is 3.07. The maximum absolute atomic E-state index is 12.4. The van der Waals surface area contributed by atoms with Crippen LogP contribution >= 0.6 is 0 Å². The lowest BCUT2D eigenvalue weighted by Gasteiger charge is -2.15. The molecule has 164 valence electrons. The highest BCUT2D eigenvalue weighted by molar-refractivity contribution is 5.96. The van der Waals surface area contributed by atoms with E-state index in [2.05, 4.69) is 5.32 Å². The summed E-state index contributed by atoms with van der Waals surface area (Å²) in [5.41, 5.74) is 7.75. The summed E-state index contributed by atoms with van der Waals surface area (Å²) in [4.78, 5) is 35.1. The lowest BCUT2D eigenvalue weighted by atomic mass is 10.1. The highest BCUT2D eigenvalue weighted by Crippen LogP contribution is 2.21. The number of carboxylic acid groups (broad SMARTS) is 1. The second-order valence-electron chi connectivity index (χ2n) is 7.23. The summed E-state index contributed by atoms with van der Waals surface area (Å²) in [5, 5.41) is 19.0. The van der Waals surface area contributed by atoms with Crippen LogP contribution in [0.4, 0.5) is 0 Å². The molecule has 2 aromatic carbocycles. The minimum absolute atomic E-state index is 0.0600. The molecule has 1 atom stereocenters. The van der Waals surface area contributed by atoms with Crippen molar-refractivity contribution < 1.29 is 24.2 Å². The average Bonchev–Trinajstić information content (AvgIpc) is 2.74. The normalized spacial score (nSPS) is 11.4. The lowest BCUT2D eigenvalue weighted by Crippen LogP contribution is -2.40. The van der Waals surface area contributed by atoms with E-state index in [9.17, 15) is 19.5 Å². The van der Waals surface area contributed by atoms with E-state index in [0.717, 1.165) is 17.4 Å². The highest BCUT2D eigenvalue weighted by Gasteiger charge is 2.20. The van der Waals surface area contributed by atoms with Crippen molar-refractivity contribution in [1.82, 2.24) is 5.32 Å². The quantitative estimate of drug-likeness (QED) is 0.178. The summed E-state index contributed by atoms with van der Waals surface area (Å²) in [5.74, 6) is -1.03. The van der Waals surface area contributed by atoms with Crippen LogP contribution in [0.15, 0.2) is 42.5 Å². The van der Waals surface area contributed by atoms with Crippen molar-refractivity contribution in [2.24, 2.45) is 5.73 Å². The van der Waals surface area contributed by atoms with Crippen molar-refractivity contribution in [2.45, 2.75) is 45.3 Å². The Morgan fingerprint density at radius 3 is 2.52 bits per heavy atom. The number of aliphatic carboxylic acids is 1. The summed E-state index contributed by atoms with van der Waals surface area (Å²) in [6.45, 7) is 2.05. The number of carboxylic acids is 1. The first-order valence-corrected chi connectivity index (χ1v) is 9.95. The number of carbonyl (C=O) groups excluding carboxylic acids is 2. The van der Waals surface area contributed by atoms with Crippen molar-refractivity contribution in [1.29, 1.82) is 5.41 Å². The molecule has 31 heavy (non-hydrogen) atoms. The van der Waals surface area contributed by atoms with E-state index in [1.807, 2.05) is 19.1 Å². The van der Waals surface area contributed by atoms with Crippen LogP contribution in [0.5, 0.6) is 5.75 Å². The predicted molar refractivity (Wildman–Crippen MR) is 117 cm³/mol. The zero-order chi connectivity index (χ0) is 22.8. The molecule has 0 aliphatic rings. The van der Waals surface area contributed by atoms with Gasteiger partial charge in [-0.15, -0.1) is 0 Å². The largest absolute Gasteiger partial charge is 0.488 e. The molecule has 0 saturated heterocycles. The van der Waals surface area contributed by atoms with Crippen molar-refractivity contribution in [2.75, 3.05) is 0 Å². The molecular formula is C23H27N3O5. The van der Waals surface area contributed by atoms with E-state index in [1.165, 1.54) is 0 Å². The number of aldehydes is 1. The van der Waals surface area contributed by atoms with E-state index in [1.54, 1.807) is 30.3 Å². The fourth-order valence-electron chi connectivity index (χ4n) is 3.01. The van der Waals surface area contributed by atoms with Crippen LogP contribution < -0.4 is 15.8 Å². The van der Waals surface area contributed by atoms with Crippen LogP contribution in [-0.2, 0) is 11.4 Å². The topological polar surface area (TPSA) is 143 Å². The summed E-state index contributed by atoms with van der Waals surface area (Å²) in [6.07, 6.45) is 2.55. The number of hydrogen-bond donors (Lipinski definition) is 4. The number of unbranched alkanes of at least 4 members (excludes halogenated alkanes) is 1. The summed E-state index contributed by atoms with van der Waals surface area (Å²) in [6, 6.07) is 11.0. The van der Waals surface area contributed by atoms with E-state index < -0.39 is 17.9 Å². The van der Waals surface area contributed by atoms with Crippen molar-refractivity contribution in [3.8, 4) is 5.75 Å². The fraction of sp³-hybridized carbons (Fsp3) is 0.304. The molecule has 0 bridgehead atoms. The molecule has 8 heteroatoms. The zero-order valence-corrected chi connectivity index (χ0v) is 17.4. The number of aryl methyl sites for hydroxylation is 1. The first kappa shape index (κ1) is 23.6. The SMILES string of the molecule is Cc1cccc(OCc2ccc(C(=O)N[C@@H](CCCCC(=N)N)C(=O)O)cc2)c1C=O. The number of carbonyl (C=O) groups is 3. The van der Waals surface area contributed by atoms with Gasteiger partial charge in [0.25, 0.3) is 5.91 Å². The molecule has 0 aliphatic heterocycles. The van der Waals surface area contributed by atoms with Crippen LogP contribution in [0.2, 0.25) is 0 Å². The van der Waals surface area contributed by atoms with Crippen LogP contribution in [0, 0.1) is 12.3 Å². The first-order valence-electron chi connectivity index (χ1n) is 9.95. The molecule has 0 saturated carbocycles. The van der Waals surface area contributed by atoms with E-state index in [4.69, 9.17) is 15.9 Å². The molecule has 5 N–H and O–H groups in total. The Bertz CT molecular complexity index is 941. The Morgan fingerprint density at radius 2 is 1.90 bits per heavy atom. The molecule has 0 aromatic heterocycles. The minimum Gasteiger partial charge on any atom is -0.488 e.